The second-order valence-corrected chi connectivity index (χ2v) is 9.07. The number of aromatic nitrogens is 2. The van der Waals surface area contributed by atoms with E-state index in [0.29, 0.717) is 28.7 Å². The van der Waals surface area contributed by atoms with Crippen molar-refractivity contribution in [2.24, 2.45) is 5.73 Å². The number of allylic oxidation sites excluding steroid dienone is 1. The molecule has 3 aromatic rings. The SMILES string of the molecule is COc1cc([C@@H]2C(C#N)=C(N)Oc3n[nH]c(CSc4ccc(C)cc4)c32)ccc1OC(C)C. The van der Waals surface area contributed by atoms with E-state index in [1.807, 2.05) is 32.0 Å². The standard InChI is InChI=1S/C25H26N4O3S/c1-14(2)31-20-10-7-16(11-21(20)30-4)22-18(12-26)24(27)32-25-23(22)19(28-29-25)13-33-17-8-5-15(3)6-9-17/h5-11,14,22H,13,27H2,1-4H3,(H,28,29)/t22-/m1/s1. The Morgan fingerprint density at radius 1 is 1.21 bits per heavy atom. The third-order valence-corrected chi connectivity index (χ3v) is 6.34. The maximum absolute atomic E-state index is 9.92. The number of nitrogens with two attached hydrogens (primary N) is 1. The average Bonchev–Trinajstić information content (AvgIpc) is 3.20. The molecule has 0 aliphatic carbocycles. The molecule has 0 amide bonds. The van der Waals surface area contributed by atoms with Crippen LogP contribution in [0.5, 0.6) is 17.4 Å². The first-order chi connectivity index (χ1) is 15.9. The first-order valence-corrected chi connectivity index (χ1v) is 11.6. The molecule has 1 aromatic heterocycles. The van der Waals surface area contributed by atoms with Gasteiger partial charge in [0, 0.05) is 10.6 Å². The van der Waals surface area contributed by atoms with Crippen LogP contribution < -0.4 is 19.9 Å². The van der Waals surface area contributed by atoms with E-state index in [1.54, 1.807) is 18.9 Å². The molecule has 2 aromatic carbocycles. The number of methoxy groups -OCH3 is 1. The van der Waals surface area contributed by atoms with Gasteiger partial charge in [0.05, 0.1) is 30.4 Å². The number of nitrogens with one attached hydrogen (secondary N) is 1. The van der Waals surface area contributed by atoms with Crippen LogP contribution in [0.25, 0.3) is 0 Å². The summed E-state index contributed by atoms with van der Waals surface area (Å²) in [4.78, 5) is 1.14. The van der Waals surface area contributed by atoms with Gasteiger partial charge in [-0.25, -0.2) is 0 Å². The Labute approximate surface area is 197 Å². The van der Waals surface area contributed by atoms with Gasteiger partial charge >= 0.3 is 0 Å². The van der Waals surface area contributed by atoms with Crippen molar-refractivity contribution >= 4 is 11.8 Å². The van der Waals surface area contributed by atoms with Crippen LogP contribution >= 0.6 is 11.8 Å². The number of aryl methyl sites for hydroxylation is 1. The Hall–Kier alpha value is -3.57. The highest BCUT2D eigenvalue weighted by Crippen LogP contribution is 2.45. The van der Waals surface area contributed by atoms with E-state index in [9.17, 15) is 5.26 Å². The van der Waals surface area contributed by atoms with Crippen molar-refractivity contribution in [1.29, 1.82) is 5.26 Å². The summed E-state index contributed by atoms with van der Waals surface area (Å²) in [5.74, 6) is 1.87. The van der Waals surface area contributed by atoms with Crippen molar-refractivity contribution in [3.05, 3.63) is 76.3 Å². The van der Waals surface area contributed by atoms with Gasteiger partial charge in [0.2, 0.25) is 11.8 Å². The van der Waals surface area contributed by atoms with Crippen LogP contribution in [0.2, 0.25) is 0 Å². The summed E-state index contributed by atoms with van der Waals surface area (Å²) < 4.78 is 17.1. The molecule has 1 aliphatic heterocycles. The van der Waals surface area contributed by atoms with Gasteiger partial charge in [-0.05, 0) is 50.6 Å². The normalized spacial score (nSPS) is 15.1. The lowest BCUT2D eigenvalue weighted by atomic mass is 9.84. The van der Waals surface area contributed by atoms with E-state index in [4.69, 9.17) is 19.9 Å². The fourth-order valence-corrected chi connectivity index (χ4v) is 4.62. The maximum atomic E-state index is 9.92. The number of aromatic amines is 1. The van der Waals surface area contributed by atoms with Crippen molar-refractivity contribution in [1.82, 2.24) is 10.2 Å². The maximum Gasteiger partial charge on any atom is 0.244 e. The Morgan fingerprint density at radius 2 is 1.97 bits per heavy atom. The topological polar surface area (TPSA) is 106 Å². The number of fused-ring (bicyclic) bond motifs is 1. The Bertz CT molecular complexity index is 1230. The van der Waals surface area contributed by atoms with Crippen molar-refractivity contribution in [2.45, 2.75) is 43.4 Å². The van der Waals surface area contributed by atoms with E-state index in [-0.39, 0.29) is 12.0 Å². The van der Waals surface area contributed by atoms with Gasteiger partial charge < -0.3 is 19.9 Å². The van der Waals surface area contributed by atoms with E-state index in [2.05, 4.69) is 47.5 Å². The number of nitrogens with zero attached hydrogens (tertiary/aromatic N) is 2. The summed E-state index contributed by atoms with van der Waals surface area (Å²) in [6, 6.07) is 16.2. The molecule has 0 fully saturated rings. The van der Waals surface area contributed by atoms with Crippen molar-refractivity contribution in [2.75, 3.05) is 7.11 Å². The number of thioether (sulfide) groups is 1. The number of rotatable bonds is 7. The third kappa shape index (κ3) is 4.64. The predicted octanol–water partition coefficient (Wildman–Crippen LogP) is 5.02. The van der Waals surface area contributed by atoms with Crippen LogP contribution in [-0.2, 0) is 5.75 Å². The first kappa shape index (κ1) is 22.6. The number of hydrogen-bond donors (Lipinski definition) is 2. The highest BCUT2D eigenvalue weighted by Gasteiger charge is 2.35. The van der Waals surface area contributed by atoms with Crippen molar-refractivity contribution in [3.63, 3.8) is 0 Å². The lowest BCUT2D eigenvalue weighted by Crippen LogP contribution is -2.21. The third-order valence-electron chi connectivity index (χ3n) is 5.31. The molecule has 0 spiro atoms. The lowest BCUT2D eigenvalue weighted by Gasteiger charge is -2.25. The molecule has 0 saturated carbocycles. The summed E-state index contributed by atoms with van der Waals surface area (Å²) in [5.41, 5.74) is 10.2. The summed E-state index contributed by atoms with van der Waals surface area (Å²) in [5, 5.41) is 17.3. The van der Waals surface area contributed by atoms with Gasteiger partial charge in [0.25, 0.3) is 0 Å². The van der Waals surface area contributed by atoms with Gasteiger partial charge in [-0.3, -0.25) is 5.10 Å². The number of nitriles is 1. The minimum Gasteiger partial charge on any atom is -0.493 e. The minimum absolute atomic E-state index is 0.00363. The molecular formula is C25H26N4O3S. The summed E-state index contributed by atoms with van der Waals surface area (Å²) >= 11 is 1.68. The van der Waals surface area contributed by atoms with E-state index in [0.717, 1.165) is 21.7 Å². The molecule has 33 heavy (non-hydrogen) atoms. The average molecular weight is 463 g/mol. The summed E-state index contributed by atoms with van der Waals surface area (Å²) in [6.45, 7) is 5.98. The molecule has 0 radical (unpaired) electrons. The second-order valence-electron chi connectivity index (χ2n) is 8.02. The van der Waals surface area contributed by atoms with Crippen LogP contribution in [0, 0.1) is 18.3 Å². The highest BCUT2D eigenvalue weighted by molar-refractivity contribution is 7.98. The monoisotopic (exact) mass is 462 g/mol. The number of ether oxygens (including phenoxy) is 3. The quantitative estimate of drug-likeness (QED) is 0.475. The molecule has 0 bridgehead atoms. The molecule has 8 heteroatoms. The van der Waals surface area contributed by atoms with E-state index < -0.39 is 5.92 Å². The van der Waals surface area contributed by atoms with Crippen LogP contribution in [0.1, 0.15) is 42.1 Å². The molecule has 1 aliphatic rings. The molecule has 2 heterocycles. The molecule has 0 saturated heterocycles. The Balaban J connectivity index is 1.73. The van der Waals surface area contributed by atoms with Crippen molar-refractivity contribution in [3.8, 4) is 23.4 Å². The molecule has 3 N–H and O–H groups in total. The largest absolute Gasteiger partial charge is 0.493 e. The fraction of sp³-hybridized carbons (Fsp3) is 0.280. The molecule has 170 valence electrons. The zero-order valence-electron chi connectivity index (χ0n) is 19.0. The zero-order chi connectivity index (χ0) is 23.5. The molecule has 4 rings (SSSR count). The van der Waals surface area contributed by atoms with Gasteiger partial charge in [0.1, 0.15) is 11.6 Å². The van der Waals surface area contributed by atoms with E-state index >= 15 is 0 Å². The molecule has 1 atom stereocenters. The van der Waals surface area contributed by atoms with Gasteiger partial charge in [0.15, 0.2) is 11.5 Å². The van der Waals surface area contributed by atoms with Gasteiger partial charge in [-0.2, -0.15) is 5.26 Å². The molecular weight excluding hydrogens is 436 g/mol. The highest BCUT2D eigenvalue weighted by atomic mass is 32.2. The van der Waals surface area contributed by atoms with Gasteiger partial charge in [-0.15, -0.1) is 16.9 Å². The van der Waals surface area contributed by atoms with Crippen LogP contribution in [-0.4, -0.2) is 23.4 Å². The number of benzene rings is 2. The van der Waals surface area contributed by atoms with Crippen LogP contribution in [0.3, 0.4) is 0 Å². The minimum atomic E-state index is -0.437. The Kier molecular flexibility index (Phi) is 6.52. The smallest absolute Gasteiger partial charge is 0.244 e. The molecule has 0 unspecified atom stereocenters. The van der Waals surface area contributed by atoms with Crippen molar-refractivity contribution < 1.29 is 14.2 Å². The predicted molar refractivity (Wildman–Crippen MR) is 127 cm³/mol. The number of H-pyrrole nitrogens is 1. The first-order valence-electron chi connectivity index (χ1n) is 10.6. The second kappa shape index (κ2) is 9.51. The summed E-state index contributed by atoms with van der Waals surface area (Å²) in [6.07, 6.45) is 0.00363. The van der Waals surface area contributed by atoms with Gasteiger partial charge in [-0.1, -0.05) is 23.8 Å². The molecule has 7 nitrogen and oxygen atoms in total. The van der Waals surface area contributed by atoms with Crippen LogP contribution in [0.4, 0.5) is 0 Å². The van der Waals surface area contributed by atoms with Crippen LogP contribution in [0.15, 0.2) is 58.8 Å². The number of hydrogen-bond acceptors (Lipinski definition) is 7. The van der Waals surface area contributed by atoms with E-state index in [1.165, 1.54) is 5.56 Å². The summed E-state index contributed by atoms with van der Waals surface area (Å²) in [7, 11) is 1.60. The fourth-order valence-electron chi connectivity index (χ4n) is 3.76. The zero-order valence-corrected chi connectivity index (χ0v) is 19.8. The Morgan fingerprint density at radius 3 is 2.64 bits per heavy atom. The lowest BCUT2D eigenvalue weighted by molar-refractivity contribution is 0.230.